The van der Waals surface area contributed by atoms with Gasteiger partial charge in [-0.25, -0.2) is 0 Å². The van der Waals surface area contributed by atoms with Crippen LogP contribution >= 0.6 is 0 Å². The average molecular weight is 207 g/mol. The van der Waals surface area contributed by atoms with Crippen LogP contribution in [0.4, 0.5) is 0 Å². The largest absolute Gasteiger partial charge is 0.329 e. The summed E-state index contributed by atoms with van der Waals surface area (Å²) in [6, 6.07) is 0.859. The first-order valence-electron chi connectivity index (χ1n) is 5.88. The van der Waals surface area contributed by atoms with Crippen LogP contribution in [0.3, 0.4) is 0 Å². The molecule has 0 aromatic carbocycles. The number of likely N-dealkylation sites (tertiary alicyclic amines) is 1. The summed E-state index contributed by atoms with van der Waals surface area (Å²) < 4.78 is 0. The number of nitrogens with one attached hydrogen (secondary N) is 1. The summed E-state index contributed by atoms with van der Waals surface area (Å²) in [6.45, 7) is 5.68. The second kappa shape index (κ2) is 4.52. The number of rotatable bonds is 4. The monoisotopic (exact) mass is 207 g/mol. The maximum atomic E-state index is 5.90. The van der Waals surface area contributed by atoms with Gasteiger partial charge < -0.3 is 5.73 Å². The number of hydrogen-bond donors (Lipinski definition) is 2. The molecule has 1 aliphatic heterocycles. The van der Waals surface area contributed by atoms with Crippen molar-refractivity contribution in [2.45, 2.75) is 37.8 Å². The van der Waals surface area contributed by atoms with E-state index in [0.717, 1.165) is 25.7 Å². The zero-order chi connectivity index (χ0) is 10.7. The lowest BCUT2D eigenvalue weighted by molar-refractivity contribution is 0.281. The molecule has 1 unspecified atom stereocenters. The SMILES string of the molecule is CC#CCNC1(CN)CCN(C2CC2)C1. The van der Waals surface area contributed by atoms with Crippen LogP contribution in [0.1, 0.15) is 26.2 Å². The van der Waals surface area contributed by atoms with Crippen LogP contribution < -0.4 is 11.1 Å². The summed E-state index contributed by atoms with van der Waals surface area (Å²) in [7, 11) is 0. The van der Waals surface area contributed by atoms with E-state index >= 15 is 0 Å². The highest BCUT2D eigenvalue weighted by Crippen LogP contribution is 2.32. The fraction of sp³-hybridized carbons (Fsp3) is 0.833. The molecule has 3 nitrogen and oxygen atoms in total. The van der Waals surface area contributed by atoms with Gasteiger partial charge in [0, 0.05) is 31.2 Å². The van der Waals surface area contributed by atoms with Crippen LogP contribution in [0.2, 0.25) is 0 Å². The van der Waals surface area contributed by atoms with E-state index in [-0.39, 0.29) is 5.54 Å². The minimum atomic E-state index is 0.131. The van der Waals surface area contributed by atoms with Crippen LogP contribution in [0.5, 0.6) is 0 Å². The van der Waals surface area contributed by atoms with Crippen molar-refractivity contribution >= 4 is 0 Å². The van der Waals surface area contributed by atoms with Crippen LogP contribution in [0.25, 0.3) is 0 Å². The molecule has 0 bridgehead atoms. The van der Waals surface area contributed by atoms with Crippen molar-refractivity contribution in [3.63, 3.8) is 0 Å². The molecule has 0 spiro atoms. The highest BCUT2D eigenvalue weighted by atomic mass is 15.3. The van der Waals surface area contributed by atoms with Gasteiger partial charge in [-0.1, -0.05) is 5.92 Å². The number of nitrogens with two attached hydrogens (primary N) is 1. The molecule has 1 saturated carbocycles. The minimum Gasteiger partial charge on any atom is -0.329 e. The minimum absolute atomic E-state index is 0.131. The van der Waals surface area contributed by atoms with Gasteiger partial charge in [0.05, 0.1) is 6.54 Å². The highest BCUT2D eigenvalue weighted by molar-refractivity contribution is 5.06. The van der Waals surface area contributed by atoms with E-state index in [1.165, 1.54) is 25.8 Å². The van der Waals surface area contributed by atoms with E-state index in [2.05, 4.69) is 22.1 Å². The lowest BCUT2D eigenvalue weighted by Gasteiger charge is -2.28. The molecule has 2 fully saturated rings. The fourth-order valence-corrected chi connectivity index (χ4v) is 2.36. The molecule has 84 valence electrons. The van der Waals surface area contributed by atoms with E-state index in [9.17, 15) is 0 Å². The Kier molecular flexibility index (Phi) is 3.30. The van der Waals surface area contributed by atoms with Gasteiger partial charge in [-0.2, -0.15) is 0 Å². The Morgan fingerprint density at radius 2 is 2.33 bits per heavy atom. The van der Waals surface area contributed by atoms with Crippen molar-refractivity contribution in [1.29, 1.82) is 0 Å². The maximum absolute atomic E-state index is 5.90. The molecule has 0 aromatic heterocycles. The van der Waals surface area contributed by atoms with Crippen LogP contribution in [0, 0.1) is 11.8 Å². The molecule has 3 N–H and O–H groups in total. The van der Waals surface area contributed by atoms with Gasteiger partial charge >= 0.3 is 0 Å². The molecule has 2 rings (SSSR count). The molecular weight excluding hydrogens is 186 g/mol. The van der Waals surface area contributed by atoms with Gasteiger partial charge in [-0.05, 0) is 26.2 Å². The predicted molar refractivity (Wildman–Crippen MR) is 62.5 cm³/mol. The molecule has 1 saturated heterocycles. The lowest BCUT2D eigenvalue weighted by atomic mass is 9.99. The predicted octanol–water partition coefficient (Wildman–Crippen LogP) is 0.165. The molecule has 1 aliphatic carbocycles. The van der Waals surface area contributed by atoms with Gasteiger partial charge in [0.15, 0.2) is 0 Å². The van der Waals surface area contributed by atoms with Gasteiger partial charge in [0.2, 0.25) is 0 Å². The van der Waals surface area contributed by atoms with Crippen LogP contribution in [-0.2, 0) is 0 Å². The number of hydrogen-bond acceptors (Lipinski definition) is 3. The second-order valence-corrected chi connectivity index (χ2v) is 4.72. The van der Waals surface area contributed by atoms with Crippen LogP contribution in [-0.4, -0.2) is 42.7 Å². The maximum Gasteiger partial charge on any atom is 0.0581 e. The van der Waals surface area contributed by atoms with Crippen molar-refractivity contribution in [3.05, 3.63) is 0 Å². The normalized spacial score (nSPS) is 31.3. The van der Waals surface area contributed by atoms with Crippen LogP contribution in [0.15, 0.2) is 0 Å². The van der Waals surface area contributed by atoms with E-state index in [1.807, 2.05) is 6.92 Å². The van der Waals surface area contributed by atoms with Gasteiger partial charge in [-0.15, -0.1) is 5.92 Å². The summed E-state index contributed by atoms with van der Waals surface area (Å²) in [5.74, 6) is 5.97. The van der Waals surface area contributed by atoms with Gasteiger partial charge in [-0.3, -0.25) is 10.2 Å². The molecule has 2 aliphatic rings. The van der Waals surface area contributed by atoms with Crippen molar-refractivity contribution in [2.24, 2.45) is 5.73 Å². The Morgan fingerprint density at radius 1 is 1.53 bits per heavy atom. The topological polar surface area (TPSA) is 41.3 Å². The molecule has 0 aromatic rings. The molecule has 3 heteroatoms. The fourth-order valence-electron chi connectivity index (χ4n) is 2.36. The average Bonchev–Trinajstić information content (AvgIpc) is 3.02. The molecule has 0 radical (unpaired) electrons. The van der Waals surface area contributed by atoms with E-state index in [0.29, 0.717) is 0 Å². The first kappa shape index (κ1) is 10.9. The molecular formula is C12H21N3. The Hall–Kier alpha value is -0.560. The third kappa shape index (κ3) is 2.52. The zero-order valence-corrected chi connectivity index (χ0v) is 9.55. The van der Waals surface area contributed by atoms with Crippen molar-refractivity contribution in [3.8, 4) is 11.8 Å². The third-order valence-electron chi connectivity index (χ3n) is 3.57. The zero-order valence-electron chi connectivity index (χ0n) is 9.55. The Morgan fingerprint density at radius 3 is 2.93 bits per heavy atom. The summed E-state index contributed by atoms with van der Waals surface area (Å²) >= 11 is 0. The summed E-state index contributed by atoms with van der Waals surface area (Å²) in [5, 5.41) is 3.52. The summed E-state index contributed by atoms with van der Waals surface area (Å²) in [5.41, 5.74) is 6.03. The van der Waals surface area contributed by atoms with Gasteiger partial charge in [0.1, 0.15) is 0 Å². The third-order valence-corrected chi connectivity index (χ3v) is 3.57. The van der Waals surface area contributed by atoms with Crippen molar-refractivity contribution in [2.75, 3.05) is 26.2 Å². The smallest absolute Gasteiger partial charge is 0.0581 e. The first-order chi connectivity index (χ1) is 7.29. The standard InChI is InChI=1S/C12H21N3/c1-2-3-7-14-12(9-13)6-8-15(10-12)11-4-5-11/h11,14H,4-10,13H2,1H3. The number of nitrogens with zero attached hydrogens (tertiary/aromatic N) is 1. The molecule has 1 atom stereocenters. The summed E-state index contributed by atoms with van der Waals surface area (Å²) in [6.07, 6.45) is 3.94. The molecule has 1 heterocycles. The first-order valence-corrected chi connectivity index (χ1v) is 5.88. The Balaban J connectivity index is 1.87. The highest BCUT2D eigenvalue weighted by Gasteiger charge is 2.41. The quantitative estimate of drug-likeness (QED) is 0.646. The van der Waals surface area contributed by atoms with E-state index < -0.39 is 0 Å². The summed E-state index contributed by atoms with van der Waals surface area (Å²) in [4.78, 5) is 2.58. The lowest BCUT2D eigenvalue weighted by Crippen LogP contribution is -2.53. The van der Waals surface area contributed by atoms with Crippen molar-refractivity contribution < 1.29 is 0 Å². The van der Waals surface area contributed by atoms with Crippen molar-refractivity contribution in [1.82, 2.24) is 10.2 Å². The van der Waals surface area contributed by atoms with Gasteiger partial charge in [0.25, 0.3) is 0 Å². The molecule has 15 heavy (non-hydrogen) atoms. The van der Waals surface area contributed by atoms with E-state index in [1.54, 1.807) is 0 Å². The molecule has 0 amide bonds. The second-order valence-electron chi connectivity index (χ2n) is 4.72. The Bertz CT molecular complexity index is 274. The Labute approximate surface area is 92.4 Å². The van der Waals surface area contributed by atoms with E-state index in [4.69, 9.17) is 5.73 Å².